The van der Waals surface area contributed by atoms with Gasteiger partial charge < -0.3 is 4.74 Å². The molecule has 168 valence electrons. The lowest BCUT2D eigenvalue weighted by Crippen LogP contribution is -2.34. The normalized spacial score (nSPS) is 31.8. The molecule has 0 amide bonds. The smallest absolute Gasteiger partial charge is 0.136 e. The summed E-state index contributed by atoms with van der Waals surface area (Å²) in [6, 6.07) is 2.04. The third kappa shape index (κ3) is 4.70. The Labute approximate surface area is 182 Å². The minimum Gasteiger partial charge on any atom is -0.489 e. The number of benzene rings is 1. The second-order valence-electron chi connectivity index (χ2n) is 10.5. The van der Waals surface area contributed by atoms with Gasteiger partial charge in [0.25, 0.3) is 0 Å². The molecule has 30 heavy (non-hydrogen) atoms. The van der Waals surface area contributed by atoms with Gasteiger partial charge in [0.15, 0.2) is 0 Å². The zero-order valence-corrected chi connectivity index (χ0v) is 19.0. The molecule has 0 bridgehead atoms. The van der Waals surface area contributed by atoms with E-state index in [0.29, 0.717) is 11.7 Å². The van der Waals surface area contributed by atoms with Crippen LogP contribution in [0.4, 0.5) is 8.78 Å². The van der Waals surface area contributed by atoms with Crippen LogP contribution in [0.1, 0.15) is 114 Å². The van der Waals surface area contributed by atoms with Gasteiger partial charge in [0.2, 0.25) is 0 Å². The van der Waals surface area contributed by atoms with Crippen LogP contribution in [0.25, 0.3) is 0 Å². The largest absolute Gasteiger partial charge is 0.489 e. The van der Waals surface area contributed by atoms with Crippen LogP contribution in [0.2, 0.25) is 0 Å². The van der Waals surface area contributed by atoms with Gasteiger partial charge in [0.1, 0.15) is 24.3 Å². The highest BCUT2D eigenvalue weighted by molar-refractivity contribution is 5.48. The van der Waals surface area contributed by atoms with Crippen molar-refractivity contribution in [1.29, 1.82) is 0 Å². The number of alkyl halides is 1. The third-order valence-corrected chi connectivity index (χ3v) is 8.35. The number of rotatable bonds is 6. The predicted molar refractivity (Wildman–Crippen MR) is 119 cm³/mol. The lowest BCUT2D eigenvalue weighted by molar-refractivity contribution is 0.0768. The van der Waals surface area contributed by atoms with E-state index in [9.17, 15) is 4.39 Å². The number of hydrogen-bond acceptors (Lipinski definition) is 1. The highest BCUT2D eigenvalue weighted by Gasteiger charge is 2.34. The second-order valence-corrected chi connectivity index (χ2v) is 10.5. The summed E-state index contributed by atoms with van der Waals surface area (Å²) in [6.07, 6.45) is 15.2. The fraction of sp³-hybridized carbons (Fsp3) is 0.778. The summed E-state index contributed by atoms with van der Waals surface area (Å²) < 4.78 is 35.8. The molecule has 1 unspecified atom stereocenters. The molecule has 1 heterocycles. The van der Waals surface area contributed by atoms with Gasteiger partial charge >= 0.3 is 0 Å². The van der Waals surface area contributed by atoms with Crippen LogP contribution in [0.15, 0.2) is 6.07 Å². The Kier molecular flexibility index (Phi) is 7.36. The van der Waals surface area contributed by atoms with Crippen molar-refractivity contribution in [3.05, 3.63) is 28.6 Å². The minimum absolute atomic E-state index is 0.134. The molecule has 1 atom stereocenters. The number of halogens is 2. The minimum atomic E-state index is -0.762. The molecule has 3 aliphatic rings. The molecule has 3 heteroatoms. The van der Waals surface area contributed by atoms with Crippen LogP contribution in [0.3, 0.4) is 0 Å². The SMILES string of the molecule is CCCCC1CCC(c2cc3c(c(CF)c2F)OC(C2CCC(C)CC2)CC3)CC1. The lowest BCUT2D eigenvalue weighted by atomic mass is 9.75. The standard InChI is InChI=1S/C27H40F2O/c1-3-4-5-19-8-12-20(13-9-19)23-16-22-14-15-25(21-10-6-18(2)7-11-21)30-27(22)24(17-28)26(23)29/h16,18-21,25H,3-15,17H2,1-2H3. The van der Waals surface area contributed by atoms with Gasteiger partial charge in [-0.05, 0) is 92.2 Å². The Bertz CT molecular complexity index is 699. The molecule has 1 nitrogen and oxygen atoms in total. The van der Waals surface area contributed by atoms with Crippen molar-refractivity contribution in [2.45, 2.75) is 116 Å². The quantitative estimate of drug-likeness (QED) is 0.451. The maximum atomic E-state index is 15.4. The average molecular weight is 419 g/mol. The topological polar surface area (TPSA) is 9.23 Å². The fourth-order valence-electron chi connectivity index (χ4n) is 6.29. The van der Waals surface area contributed by atoms with E-state index in [1.54, 1.807) is 0 Å². The molecule has 1 aromatic carbocycles. The van der Waals surface area contributed by atoms with Gasteiger partial charge in [-0.1, -0.05) is 46.0 Å². The molecular weight excluding hydrogens is 378 g/mol. The lowest BCUT2D eigenvalue weighted by Gasteiger charge is -2.37. The van der Waals surface area contributed by atoms with Gasteiger partial charge in [0.05, 0.1) is 5.56 Å². The zero-order valence-electron chi connectivity index (χ0n) is 19.0. The van der Waals surface area contributed by atoms with Crippen LogP contribution < -0.4 is 4.74 Å². The third-order valence-electron chi connectivity index (χ3n) is 8.35. The van der Waals surface area contributed by atoms with E-state index in [4.69, 9.17) is 4.74 Å². The summed E-state index contributed by atoms with van der Waals surface area (Å²) in [4.78, 5) is 0. The molecule has 0 aromatic heterocycles. The van der Waals surface area contributed by atoms with Crippen LogP contribution in [0, 0.1) is 23.6 Å². The van der Waals surface area contributed by atoms with Gasteiger partial charge in [-0.25, -0.2) is 8.78 Å². The summed E-state index contributed by atoms with van der Waals surface area (Å²) in [5.41, 5.74) is 2.01. The van der Waals surface area contributed by atoms with Crippen molar-refractivity contribution in [2.24, 2.45) is 17.8 Å². The van der Waals surface area contributed by atoms with Crippen LogP contribution in [0.5, 0.6) is 5.75 Å². The first kappa shape index (κ1) is 22.1. The molecule has 4 rings (SSSR count). The number of hydrogen-bond donors (Lipinski definition) is 0. The molecule has 1 aromatic rings. The maximum absolute atomic E-state index is 15.4. The Morgan fingerprint density at radius 2 is 1.73 bits per heavy atom. The van der Waals surface area contributed by atoms with E-state index in [-0.39, 0.29) is 23.4 Å². The summed E-state index contributed by atoms with van der Waals surface area (Å²) >= 11 is 0. The first-order chi connectivity index (χ1) is 14.6. The Balaban J connectivity index is 1.49. The van der Waals surface area contributed by atoms with E-state index < -0.39 is 6.67 Å². The van der Waals surface area contributed by atoms with Crippen LogP contribution in [-0.2, 0) is 13.1 Å². The molecular formula is C27H40F2O. The first-order valence-electron chi connectivity index (χ1n) is 12.7. The molecule has 2 fully saturated rings. The Morgan fingerprint density at radius 3 is 2.40 bits per heavy atom. The van der Waals surface area contributed by atoms with E-state index in [1.807, 2.05) is 6.07 Å². The molecule has 2 aliphatic carbocycles. The van der Waals surface area contributed by atoms with E-state index in [0.717, 1.165) is 48.6 Å². The molecule has 0 spiro atoms. The predicted octanol–water partition coefficient (Wildman–Crippen LogP) is 8.28. The second kappa shape index (κ2) is 10.0. The Hall–Kier alpha value is -1.12. The highest BCUT2D eigenvalue weighted by atomic mass is 19.1. The first-order valence-corrected chi connectivity index (χ1v) is 12.7. The van der Waals surface area contributed by atoms with E-state index >= 15 is 4.39 Å². The molecule has 0 N–H and O–H groups in total. The fourth-order valence-corrected chi connectivity index (χ4v) is 6.29. The van der Waals surface area contributed by atoms with Gasteiger partial charge in [0, 0.05) is 0 Å². The van der Waals surface area contributed by atoms with Crippen LogP contribution >= 0.6 is 0 Å². The summed E-state index contributed by atoms with van der Waals surface area (Å²) in [6.45, 7) is 3.80. The van der Waals surface area contributed by atoms with E-state index in [2.05, 4.69) is 13.8 Å². The number of fused-ring (bicyclic) bond motifs is 1. The Morgan fingerprint density at radius 1 is 1.00 bits per heavy atom. The van der Waals surface area contributed by atoms with Crippen molar-refractivity contribution in [1.82, 2.24) is 0 Å². The van der Waals surface area contributed by atoms with Crippen molar-refractivity contribution in [3.63, 3.8) is 0 Å². The van der Waals surface area contributed by atoms with Crippen molar-refractivity contribution in [2.75, 3.05) is 0 Å². The summed E-state index contributed by atoms with van der Waals surface area (Å²) in [5.74, 6) is 2.62. The molecule has 0 radical (unpaired) electrons. The number of aryl methyl sites for hydroxylation is 1. The zero-order chi connectivity index (χ0) is 21.1. The van der Waals surface area contributed by atoms with Crippen LogP contribution in [-0.4, -0.2) is 6.10 Å². The monoisotopic (exact) mass is 418 g/mol. The van der Waals surface area contributed by atoms with Gasteiger partial charge in [-0.2, -0.15) is 0 Å². The molecule has 1 aliphatic heterocycles. The number of ether oxygens (including phenoxy) is 1. The average Bonchev–Trinajstić information content (AvgIpc) is 2.78. The number of unbranched alkanes of at least 4 members (excludes halogenated alkanes) is 1. The molecule has 0 saturated heterocycles. The van der Waals surface area contributed by atoms with Gasteiger partial charge in [-0.3, -0.25) is 0 Å². The van der Waals surface area contributed by atoms with Crippen molar-refractivity contribution >= 4 is 0 Å². The highest BCUT2D eigenvalue weighted by Crippen LogP contribution is 2.45. The van der Waals surface area contributed by atoms with Crippen molar-refractivity contribution in [3.8, 4) is 5.75 Å². The molecule has 2 saturated carbocycles. The van der Waals surface area contributed by atoms with Gasteiger partial charge in [-0.15, -0.1) is 0 Å². The van der Waals surface area contributed by atoms with Crippen molar-refractivity contribution < 1.29 is 13.5 Å². The maximum Gasteiger partial charge on any atom is 0.136 e. The summed E-state index contributed by atoms with van der Waals surface area (Å²) in [5, 5.41) is 0. The summed E-state index contributed by atoms with van der Waals surface area (Å²) in [7, 11) is 0. The van der Waals surface area contributed by atoms with E-state index in [1.165, 1.54) is 57.8 Å².